The van der Waals surface area contributed by atoms with Gasteiger partial charge in [0, 0.05) is 25.0 Å². The van der Waals surface area contributed by atoms with Crippen LogP contribution >= 0.6 is 0 Å². The van der Waals surface area contributed by atoms with Crippen LogP contribution in [0.5, 0.6) is 0 Å². The van der Waals surface area contributed by atoms with E-state index in [4.69, 9.17) is 9.84 Å². The normalized spacial score (nSPS) is 29.5. The number of benzene rings is 1. The molecule has 1 atom stereocenters. The van der Waals surface area contributed by atoms with Crippen molar-refractivity contribution in [1.29, 1.82) is 0 Å². The van der Waals surface area contributed by atoms with E-state index in [1.807, 2.05) is 22.9 Å². The lowest BCUT2D eigenvalue weighted by atomic mass is 9.73. The highest BCUT2D eigenvalue weighted by molar-refractivity contribution is 5.81. The van der Waals surface area contributed by atoms with E-state index in [9.17, 15) is 4.79 Å². The molecular formula is C30H38N3O2+. The maximum absolute atomic E-state index is 13.9. The van der Waals surface area contributed by atoms with Gasteiger partial charge >= 0.3 is 5.97 Å². The van der Waals surface area contributed by atoms with Gasteiger partial charge in [0.05, 0.1) is 24.2 Å². The number of fused-ring (bicyclic) bond motifs is 3. The smallest absolute Gasteiger partial charge is 0.316 e. The number of para-hydroxylation sites is 1. The third kappa shape index (κ3) is 4.40. The van der Waals surface area contributed by atoms with Gasteiger partial charge in [0.15, 0.2) is 6.10 Å². The second-order valence-electron chi connectivity index (χ2n) is 11.3. The summed E-state index contributed by atoms with van der Waals surface area (Å²) < 4.78 is 9.50. The van der Waals surface area contributed by atoms with Gasteiger partial charge in [-0.25, -0.2) is 4.68 Å². The standard InChI is InChI=1S/C30H38N3O2/c34-29(30(25-10-6-7-11-25)17-8-1-2-9-18-30)35-28-23-33(20-15-24(28)16-21-33)22-26-14-19-32(31-26)27-12-4-3-5-13-27/h3-7,10,12-14,19,24,28H,1-2,8-9,11,15-18,20-23H2/q+1/t24?,28-,33?/m0/s1. The Morgan fingerprint density at radius 2 is 1.83 bits per heavy atom. The van der Waals surface area contributed by atoms with E-state index < -0.39 is 5.41 Å². The Bertz CT molecular complexity index is 1100. The summed E-state index contributed by atoms with van der Waals surface area (Å²) in [4.78, 5) is 13.9. The van der Waals surface area contributed by atoms with E-state index >= 15 is 0 Å². The minimum atomic E-state index is -0.398. The number of aromatic nitrogens is 2. The molecule has 1 aromatic carbocycles. The summed E-state index contributed by atoms with van der Waals surface area (Å²) in [7, 11) is 0. The van der Waals surface area contributed by atoms with Crippen LogP contribution < -0.4 is 0 Å². The first-order valence-electron chi connectivity index (χ1n) is 13.7. The van der Waals surface area contributed by atoms with E-state index in [1.165, 1.54) is 18.4 Å². The van der Waals surface area contributed by atoms with Gasteiger partial charge in [0.2, 0.25) is 0 Å². The zero-order chi connectivity index (χ0) is 23.7. The molecule has 1 saturated carbocycles. The molecule has 5 nitrogen and oxygen atoms in total. The first-order chi connectivity index (χ1) is 17.2. The van der Waals surface area contributed by atoms with E-state index in [1.54, 1.807) is 0 Å². The highest BCUT2D eigenvalue weighted by atomic mass is 16.5. The van der Waals surface area contributed by atoms with Crippen molar-refractivity contribution in [1.82, 2.24) is 9.78 Å². The van der Waals surface area contributed by atoms with Crippen molar-refractivity contribution in [2.75, 3.05) is 19.6 Å². The van der Waals surface area contributed by atoms with Gasteiger partial charge in [-0.1, -0.05) is 62.1 Å². The first kappa shape index (κ1) is 22.8. The maximum atomic E-state index is 13.9. The van der Waals surface area contributed by atoms with Crippen LogP contribution in [0.2, 0.25) is 0 Å². The summed E-state index contributed by atoms with van der Waals surface area (Å²) in [5.74, 6) is 0.582. The molecule has 2 aromatic rings. The van der Waals surface area contributed by atoms with Crippen LogP contribution in [0, 0.1) is 11.3 Å². The average molecular weight is 473 g/mol. The van der Waals surface area contributed by atoms with Crippen molar-refractivity contribution < 1.29 is 14.0 Å². The highest BCUT2D eigenvalue weighted by Crippen LogP contribution is 2.46. The molecule has 0 N–H and O–H groups in total. The molecule has 184 valence electrons. The van der Waals surface area contributed by atoms with Gasteiger partial charge in [-0.05, 0) is 43.0 Å². The predicted octanol–water partition coefficient (Wildman–Crippen LogP) is 5.75. The summed E-state index contributed by atoms with van der Waals surface area (Å²) in [6, 6.07) is 12.5. The third-order valence-electron chi connectivity index (χ3n) is 9.20. The minimum Gasteiger partial charge on any atom is -0.455 e. The lowest BCUT2D eigenvalue weighted by molar-refractivity contribution is -0.958. The quantitative estimate of drug-likeness (QED) is 0.305. The van der Waals surface area contributed by atoms with Crippen LogP contribution in [-0.2, 0) is 16.1 Å². The monoisotopic (exact) mass is 472 g/mol. The number of carbonyl (C=O) groups is 1. The van der Waals surface area contributed by atoms with Gasteiger partial charge in [0.1, 0.15) is 18.8 Å². The van der Waals surface area contributed by atoms with Gasteiger partial charge in [-0.2, -0.15) is 5.10 Å². The van der Waals surface area contributed by atoms with Crippen molar-refractivity contribution in [2.24, 2.45) is 11.3 Å². The fraction of sp³-hybridized carbons (Fsp3) is 0.533. The minimum absolute atomic E-state index is 0.0382. The van der Waals surface area contributed by atoms with Crippen LogP contribution in [0.4, 0.5) is 0 Å². The number of piperidine rings is 3. The molecule has 0 spiro atoms. The Morgan fingerprint density at radius 3 is 2.54 bits per heavy atom. The van der Waals surface area contributed by atoms with Crippen molar-refractivity contribution in [2.45, 2.75) is 70.4 Å². The molecule has 3 saturated heterocycles. The molecule has 2 bridgehead atoms. The molecule has 7 rings (SSSR count). The van der Waals surface area contributed by atoms with Gasteiger partial charge in [0.25, 0.3) is 0 Å². The van der Waals surface area contributed by atoms with Gasteiger partial charge in [-0.3, -0.25) is 4.79 Å². The summed E-state index contributed by atoms with van der Waals surface area (Å²) in [5, 5.41) is 4.90. The number of rotatable bonds is 6. The third-order valence-corrected chi connectivity index (χ3v) is 9.20. The number of nitrogens with zero attached hydrogens (tertiary/aromatic N) is 3. The average Bonchev–Trinajstić information content (AvgIpc) is 3.53. The summed E-state index contributed by atoms with van der Waals surface area (Å²) in [5.41, 5.74) is 3.11. The molecule has 0 radical (unpaired) electrons. The SMILES string of the molecule is O=C(O[C@H]1C[N+]2(Cc3ccn(-c4ccccc4)n3)CCC1CC2)C1(C2=CC=CC2)CCCCCC1. The number of quaternary nitrogens is 1. The molecule has 1 aromatic heterocycles. The largest absolute Gasteiger partial charge is 0.455 e. The molecule has 5 heteroatoms. The lowest BCUT2D eigenvalue weighted by Crippen LogP contribution is -2.64. The Morgan fingerprint density at radius 1 is 1.06 bits per heavy atom. The Kier molecular flexibility index (Phi) is 6.13. The predicted molar refractivity (Wildman–Crippen MR) is 137 cm³/mol. The van der Waals surface area contributed by atoms with Crippen LogP contribution in [-0.4, -0.2) is 46.0 Å². The van der Waals surface area contributed by atoms with Crippen LogP contribution in [0.3, 0.4) is 0 Å². The molecule has 3 aliphatic heterocycles. The van der Waals surface area contributed by atoms with Crippen LogP contribution in [0.15, 0.2) is 66.4 Å². The molecule has 4 fully saturated rings. The molecule has 4 heterocycles. The number of esters is 1. The van der Waals surface area contributed by atoms with E-state index in [-0.39, 0.29) is 12.1 Å². The number of hydrogen-bond donors (Lipinski definition) is 0. The number of ether oxygens (including phenoxy) is 1. The Labute approximate surface area is 209 Å². The van der Waals surface area contributed by atoms with E-state index in [0.29, 0.717) is 5.92 Å². The summed E-state index contributed by atoms with van der Waals surface area (Å²) in [6.45, 7) is 4.18. The Balaban J connectivity index is 1.18. The fourth-order valence-electron chi connectivity index (χ4n) is 7.13. The van der Waals surface area contributed by atoms with Crippen molar-refractivity contribution >= 4 is 5.97 Å². The number of hydrogen-bond acceptors (Lipinski definition) is 3. The molecule has 35 heavy (non-hydrogen) atoms. The highest BCUT2D eigenvalue weighted by Gasteiger charge is 2.51. The zero-order valence-corrected chi connectivity index (χ0v) is 20.8. The Hall–Kier alpha value is -2.66. The summed E-state index contributed by atoms with van der Waals surface area (Å²) >= 11 is 0. The topological polar surface area (TPSA) is 44.1 Å². The van der Waals surface area contributed by atoms with Crippen molar-refractivity contribution in [3.63, 3.8) is 0 Å². The van der Waals surface area contributed by atoms with E-state index in [0.717, 1.165) is 87.0 Å². The second-order valence-corrected chi connectivity index (χ2v) is 11.3. The van der Waals surface area contributed by atoms with Gasteiger partial charge < -0.3 is 9.22 Å². The first-order valence-corrected chi connectivity index (χ1v) is 13.7. The molecular weight excluding hydrogens is 434 g/mol. The van der Waals surface area contributed by atoms with Crippen LogP contribution in [0.25, 0.3) is 5.69 Å². The molecule has 0 amide bonds. The maximum Gasteiger partial charge on any atom is 0.316 e. The lowest BCUT2D eigenvalue weighted by Gasteiger charge is -2.52. The van der Waals surface area contributed by atoms with Crippen molar-refractivity contribution in [3.05, 3.63) is 72.1 Å². The number of allylic oxidation sites excluding steroid dienone is 3. The van der Waals surface area contributed by atoms with Crippen molar-refractivity contribution in [3.8, 4) is 5.69 Å². The number of carbonyl (C=O) groups excluding carboxylic acids is 1. The fourth-order valence-corrected chi connectivity index (χ4v) is 7.13. The summed E-state index contributed by atoms with van der Waals surface area (Å²) in [6.07, 6.45) is 18.4. The molecule has 0 unspecified atom stereocenters. The molecule has 2 aliphatic carbocycles. The molecule has 5 aliphatic rings. The zero-order valence-electron chi connectivity index (χ0n) is 20.8. The second kappa shape index (κ2) is 9.42. The van der Waals surface area contributed by atoms with Crippen LogP contribution in [0.1, 0.15) is 63.5 Å². The van der Waals surface area contributed by atoms with E-state index in [2.05, 4.69) is 42.6 Å². The van der Waals surface area contributed by atoms with Gasteiger partial charge in [-0.15, -0.1) is 0 Å².